The van der Waals surface area contributed by atoms with Gasteiger partial charge in [0.05, 0.1) is 30.1 Å². The van der Waals surface area contributed by atoms with Crippen molar-refractivity contribution < 1.29 is 24.2 Å². The van der Waals surface area contributed by atoms with Gasteiger partial charge in [0.25, 0.3) is 5.91 Å². The number of rotatable bonds is 13. The Morgan fingerprint density at radius 1 is 1.11 bits per heavy atom. The molecule has 3 amide bonds. The third kappa shape index (κ3) is 5.51. The smallest absolute Gasteiger partial charge is 0.253 e. The van der Waals surface area contributed by atoms with Gasteiger partial charge in [0.1, 0.15) is 11.6 Å². The van der Waals surface area contributed by atoms with E-state index in [0.29, 0.717) is 36.6 Å². The minimum Gasteiger partial charge on any atom is -0.394 e. The molecule has 2 bridgehead atoms. The molecule has 0 saturated carbocycles. The second kappa shape index (κ2) is 13.1. The molecular weight excluding hydrogens is 590 g/mol. The number of hydrogen-bond donors (Lipinski definition) is 1. The number of halogens is 1. The molecule has 3 saturated heterocycles. The zero-order valence-corrected chi connectivity index (χ0v) is 27.2. The van der Waals surface area contributed by atoms with E-state index in [-0.39, 0.29) is 36.8 Å². The summed E-state index contributed by atoms with van der Waals surface area (Å²) in [5, 5.41) is 11.3. The quantitative estimate of drug-likeness (QED) is 0.317. The lowest BCUT2D eigenvalue weighted by Gasteiger charge is -2.39. The maximum atomic E-state index is 15.0. The van der Waals surface area contributed by atoms with Crippen LogP contribution < -0.4 is 4.90 Å². The Hall–Kier alpha value is -3.46. The Labute approximate surface area is 271 Å². The average Bonchev–Trinajstić information content (AvgIpc) is 3.55. The van der Waals surface area contributed by atoms with Gasteiger partial charge in [-0.15, -0.1) is 13.2 Å². The van der Waals surface area contributed by atoms with Crippen molar-refractivity contribution in [1.82, 2.24) is 9.80 Å². The highest BCUT2D eigenvalue weighted by Gasteiger charge is 2.80. The van der Waals surface area contributed by atoms with E-state index >= 15 is 0 Å². The minimum atomic E-state index is -1.26. The fraction of sp³-hybridized carbons (Fsp3) is 0.472. The van der Waals surface area contributed by atoms with Crippen LogP contribution in [0.25, 0.3) is 0 Å². The highest BCUT2D eigenvalue weighted by Crippen LogP contribution is 2.66. The van der Waals surface area contributed by atoms with E-state index in [2.05, 4.69) is 13.2 Å². The summed E-state index contributed by atoms with van der Waals surface area (Å²) < 4.78 is 6.97. The van der Waals surface area contributed by atoms with Crippen LogP contribution in [0.2, 0.25) is 5.02 Å². The zero-order valence-electron chi connectivity index (χ0n) is 26.4. The van der Waals surface area contributed by atoms with Crippen LogP contribution in [-0.2, 0) is 25.5 Å². The molecule has 3 aliphatic rings. The Morgan fingerprint density at radius 2 is 1.78 bits per heavy atom. The van der Waals surface area contributed by atoms with Crippen LogP contribution in [0.1, 0.15) is 39.2 Å². The summed E-state index contributed by atoms with van der Waals surface area (Å²) in [6, 6.07) is 14.7. The molecule has 7 atom stereocenters. The van der Waals surface area contributed by atoms with E-state index in [1.807, 2.05) is 51.1 Å². The Morgan fingerprint density at radius 3 is 2.38 bits per heavy atom. The molecule has 1 spiro atoms. The van der Waals surface area contributed by atoms with Crippen molar-refractivity contribution >= 4 is 35.0 Å². The predicted octanol–water partition coefficient (Wildman–Crippen LogP) is 4.90. The first kappa shape index (κ1) is 32.9. The lowest BCUT2D eigenvalue weighted by molar-refractivity contribution is -0.153. The number of amides is 3. The number of aliphatic hydroxyl groups is 1. The lowest BCUT2D eigenvalue weighted by Crippen LogP contribution is -2.59. The molecule has 9 heteroatoms. The van der Waals surface area contributed by atoms with Crippen LogP contribution in [0.5, 0.6) is 0 Å². The first-order valence-electron chi connectivity index (χ1n) is 15.8. The highest BCUT2D eigenvalue weighted by molar-refractivity contribution is 6.30. The van der Waals surface area contributed by atoms with Gasteiger partial charge in [0, 0.05) is 30.3 Å². The molecule has 3 unspecified atom stereocenters. The molecule has 5 rings (SSSR count). The number of hydrogen-bond acceptors (Lipinski definition) is 5. The topological polar surface area (TPSA) is 90.4 Å². The van der Waals surface area contributed by atoms with E-state index in [0.717, 1.165) is 12.0 Å². The summed E-state index contributed by atoms with van der Waals surface area (Å²) in [5.74, 6) is -2.63. The van der Waals surface area contributed by atoms with Gasteiger partial charge >= 0.3 is 0 Å². The molecule has 240 valence electrons. The SMILES string of the molecule is C=CCN(CCC)C(=O)[C@@H]1[C@H]2C(=O)N([C@@H](CO)Cc3ccccc3)C(C(=O)N(CC=C)c3ccc(Cl)cc3)C23CC(C)[C@@]1(C)O3. The fourth-order valence-corrected chi connectivity index (χ4v) is 8.12. The standard InChI is InChI=1S/C36H44ClN3O5/c1-6-18-38(19-7-2)32(42)29-30-33(43)40(28(23-41)21-25-12-10-9-11-13-25)31(36(30)22-24(4)35(29,5)45-36)34(44)39(20-8-3)27-16-14-26(37)15-17-27/h6,8-17,24,28-31,41H,1,3,7,18-23H2,2,4-5H3/t24?,28-,29+,30+,31?,35-,36?/m1/s1. The van der Waals surface area contributed by atoms with Gasteiger partial charge in [-0.25, -0.2) is 0 Å². The second-order valence-electron chi connectivity index (χ2n) is 12.8. The fourth-order valence-electron chi connectivity index (χ4n) is 8.00. The largest absolute Gasteiger partial charge is 0.394 e. The van der Waals surface area contributed by atoms with E-state index in [4.69, 9.17) is 16.3 Å². The molecule has 2 aromatic carbocycles. The Balaban J connectivity index is 1.66. The number of nitrogens with zero attached hydrogens (tertiary/aromatic N) is 3. The van der Waals surface area contributed by atoms with E-state index in [1.165, 1.54) is 0 Å². The molecule has 1 N–H and O–H groups in total. The summed E-state index contributed by atoms with van der Waals surface area (Å²) >= 11 is 6.18. The molecule has 0 radical (unpaired) electrons. The number of aliphatic hydroxyl groups excluding tert-OH is 1. The highest BCUT2D eigenvalue weighted by atomic mass is 35.5. The molecule has 3 aliphatic heterocycles. The Kier molecular flexibility index (Phi) is 9.59. The van der Waals surface area contributed by atoms with Gasteiger partial charge in [-0.2, -0.15) is 0 Å². The predicted molar refractivity (Wildman–Crippen MR) is 176 cm³/mol. The first-order chi connectivity index (χ1) is 21.6. The van der Waals surface area contributed by atoms with E-state index in [1.54, 1.807) is 51.1 Å². The lowest BCUT2D eigenvalue weighted by atomic mass is 9.62. The summed E-state index contributed by atoms with van der Waals surface area (Å²) in [5.41, 5.74) is -0.693. The molecular formula is C36H44ClN3O5. The van der Waals surface area contributed by atoms with Crippen LogP contribution >= 0.6 is 11.6 Å². The van der Waals surface area contributed by atoms with Crippen molar-refractivity contribution in [3.63, 3.8) is 0 Å². The Bertz CT molecular complexity index is 1430. The number of anilines is 1. The number of carbonyl (C=O) groups excluding carboxylic acids is 3. The number of carbonyl (C=O) groups is 3. The van der Waals surface area contributed by atoms with Gasteiger partial charge in [-0.1, -0.05) is 67.9 Å². The van der Waals surface area contributed by atoms with Crippen molar-refractivity contribution in [3.8, 4) is 0 Å². The monoisotopic (exact) mass is 633 g/mol. The second-order valence-corrected chi connectivity index (χ2v) is 13.2. The van der Waals surface area contributed by atoms with Crippen LogP contribution in [0.15, 0.2) is 79.9 Å². The molecule has 45 heavy (non-hydrogen) atoms. The molecule has 3 heterocycles. The van der Waals surface area contributed by atoms with Gasteiger partial charge in [0.2, 0.25) is 11.8 Å². The van der Waals surface area contributed by atoms with Gasteiger partial charge in [-0.05, 0) is 61.9 Å². The van der Waals surface area contributed by atoms with Crippen molar-refractivity contribution in [1.29, 1.82) is 0 Å². The minimum absolute atomic E-state index is 0.108. The maximum Gasteiger partial charge on any atom is 0.253 e. The number of fused-ring (bicyclic) bond motifs is 1. The normalized spacial score (nSPS) is 28.9. The van der Waals surface area contributed by atoms with Gasteiger partial charge < -0.3 is 24.5 Å². The van der Waals surface area contributed by atoms with Crippen molar-refractivity contribution in [2.45, 2.75) is 63.3 Å². The summed E-state index contributed by atoms with van der Waals surface area (Å²) in [6.07, 6.45) is 4.84. The molecule has 8 nitrogen and oxygen atoms in total. The van der Waals surface area contributed by atoms with Crippen LogP contribution in [0, 0.1) is 17.8 Å². The summed E-state index contributed by atoms with van der Waals surface area (Å²) in [7, 11) is 0. The number of ether oxygens (including phenoxy) is 1. The molecule has 2 aromatic rings. The van der Waals surface area contributed by atoms with Crippen molar-refractivity contribution in [3.05, 3.63) is 90.5 Å². The van der Waals surface area contributed by atoms with E-state index in [9.17, 15) is 19.5 Å². The third-order valence-electron chi connectivity index (χ3n) is 10.0. The van der Waals surface area contributed by atoms with Crippen LogP contribution in [-0.4, -0.2) is 82.2 Å². The van der Waals surface area contributed by atoms with Crippen molar-refractivity contribution in [2.24, 2.45) is 17.8 Å². The molecule has 0 aromatic heterocycles. The third-order valence-corrected chi connectivity index (χ3v) is 10.3. The zero-order chi connectivity index (χ0) is 32.5. The van der Waals surface area contributed by atoms with Gasteiger partial charge in [-0.3, -0.25) is 14.4 Å². The van der Waals surface area contributed by atoms with Gasteiger partial charge in [0.15, 0.2) is 0 Å². The summed E-state index contributed by atoms with van der Waals surface area (Å²) in [4.78, 5) is 49.1. The van der Waals surface area contributed by atoms with Crippen molar-refractivity contribution in [2.75, 3.05) is 31.1 Å². The van der Waals surface area contributed by atoms with Crippen LogP contribution in [0.4, 0.5) is 5.69 Å². The number of benzene rings is 2. The van der Waals surface area contributed by atoms with E-state index < -0.39 is 35.1 Å². The summed E-state index contributed by atoms with van der Waals surface area (Å²) in [6.45, 7) is 14.4. The maximum absolute atomic E-state index is 15.0. The average molecular weight is 634 g/mol. The molecule has 3 fully saturated rings. The van der Waals surface area contributed by atoms with Crippen LogP contribution in [0.3, 0.4) is 0 Å². The number of likely N-dealkylation sites (tertiary alicyclic amines) is 1. The molecule has 0 aliphatic carbocycles. The first-order valence-corrected chi connectivity index (χ1v) is 16.2.